The Morgan fingerprint density at radius 2 is 1.86 bits per heavy atom. The normalized spacial score (nSPS) is 39.5. The Balaban J connectivity index is 1.43. The predicted octanol–water partition coefficient (Wildman–Crippen LogP) is 4.44. The van der Waals surface area contributed by atoms with E-state index < -0.39 is 16.7 Å². The Hall–Kier alpha value is -2.25. The van der Waals surface area contributed by atoms with Gasteiger partial charge < -0.3 is 24.8 Å². The molecule has 2 saturated heterocycles. The summed E-state index contributed by atoms with van der Waals surface area (Å²) in [6.45, 7) is 15.1. The van der Waals surface area contributed by atoms with Gasteiger partial charge in [0.1, 0.15) is 11.1 Å². The van der Waals surface area contributed by atoms with Gasteiger partial charge in [0.2, 0.25) is 5.91 Å². The van der Waals surface area contributed by atoms with Crippen molar-refractivity contribution < 1.29 is 19.4 Å². The average molecular weight is 510 g/mol. The van der Waals surface area contributed by atoms with Gasteiger partial charge in [-0.3, -0.25) is 9.69 Å². The van der Waals surface area contributed by atoms with E-state index in [2.05, 4.69) is 36.2 Å². The number of benzene rings is 1. The molecule has 4 aliphatic heterocycles. The molecule has 1 aromatic carbocycles. The highest BCUT2D eigenvalue weighted by Crippen LogP contribution is 2.63. The molecule has 37 heavy (non-hydrogen) atoms. The summed E-state index contributed by atoms with van der Waals surface area (Å²) in [6.07, 6.45) is 7.77. The van der Waals surface area contributed by atoms with E-state index in [1.54, 1.807) is 6.26 Å². The van der Waals surface area contributed by atoms with E-state index in [0.29, 0.717) is 12.8 Å². The molecule has 1 aromatic rings. The molecule has 0 radical (unpaired) electrons. The summed E-state index contributed by atoms with van der Waals surface area (Å²) in [5.74, 6) is 1.58. The van der Waals surface area contributed by atoms with Gasteiger partial charge in [-0.2, -0.15) is 0 Å². The van der Waals surface area contributed by atoms with Crippen molar-refractivity contribution in [2.45, 2.75) is 101 Å². The van der Waals surface area contributed by atoms with E-state index >= 15 is 0 Å². The second-order valence-corrected chi connectivity index (χ2v) is 13.7. The van der Waals surface area contributed by atoms with Crippen LogP contribution in [0.1, 0.15) is 79.2 Å². The Labute approximate surface area is 221 Å². The Bertz CT molecular complexity index is 1190. The zero-order valence-corrected chi connectivity index (χ0v) is 23.5. The Kier molecular flexibility index (Phi) is 5.04. The van der Waals surface area contributed by atoms with Crippen molar-refractivity contribution in [2.24, 2.45) is 5.41 Å². The van der Waals surface area contributed by atoms with Crippen LogP contribution in [-0.4, -0.2) is 69.8 Å². The second-order valence-electron chi connectivity index (χ2n) is 13.7. The molecule has 6 rings (SSSR count). The number of aliphatic hydroxyl groups is 1. The molecule has 0 unspecified atom stereocenters. The standard InChI is InChI=1S/C30H43N3O4/c1-8-30-24(34)32(7)28(19-33(30)15-13-27(30,6)35)12-11-25(2,3)29(17-28)18-31-22-20(29)9-10-21-23(22)36-16-14-26(4,5)37-21/h9-10,14,16,31,35H,8,11-13,15,17-19H2,1-7H3/t27-,28-,29+,30+/m1/s1. The van der Waals surface area contributed by atoms with Crippen LogP contribution >= 0.6 is 0 Å². The SMILES string of the molecule is CC[C@@]12C(=O)N(C)[C@@]3(CCC(C)(C)[C@]4(CNc5c4ccc4c5OC=CC(C)(C)O4)C3)CN1CC[C@@]2(C)O. The van der Waals surface area contributed by atoms with Gasteiger partial charge in [-0.25, -0.2) is 0 Å². The third-order valence-electron chi connectivity index (χ3n) is 11.0. The molecule has 4 heterocycles. The summed E-state index contributed by atoms with van der Waals surface area (Å²) in [5.41, 5.74) is -0.466. The molecule has 2 spiro atoms. The van der Waals surface area contributed by atoms with Crippen LogP contribution in [0.3, 0.4) is 0 Å². The molecule has 3 fully saturated rings. The van der Waals surface area contributed by atoms with Gasteiger partial charge in [0.15, 0.2) is 11.5 Å². The van der Waals surface area contributed by atoms with E-state index in [-0.39, 0.29) is 22.3 Å². The lowest BCUT2D eigenvalue weighted by Crippen LogP contribution is -2.77. The topological polar surface area (TPSA) is 74.3 Å². The van der Waals surface area contributed by atoms with Crippen LogP contribution in [-0.2, 0) is 10.2 Å². The lowest BCUT2D eigenvalue weighted by atomic mass is 9.50. The van der Waals surface area contributed by atoms with E-state index in [0.717, 1.165) is 56.1 Å². The van der Waals surface area contributed by atoms with Gasteiger partial charge >= 0.3 is 0 Å². The number of amides is 1. The van der Waals surface area contributed by atoms with Crippen LogP contribution in [0.15, 0.2) is 24.5 Å². The van der Waals surface area contributed by atoms with Crippen LogP contribution in [0.4, 0.5) is 5.69 Å². The monoisotopic (exact) mass is 509 g/mol. The second kappa shape index (κ2) is 7.44. The number of piperazine rings is 1. The molecule has 1 amide bonds. The number of anilines is 1. The predicted molar refractivity (Wildman–Crippen MR) is 144 cm³/mol. The molecule has 0 aromatic heterocycles. The number of carbonyl (C=O) groups is 1. The largest absolute Gasteiger partial charge is 0.480 e. The molecular formula is C30H43N3O4. The fourth-order valence-electron chi connectivity index (χ4n) is 8.49. The van der Waals surface area contributed by atoms with Crippen molar-refractivity contribution in [1.29, 1.82) is 0 Å². The van der Waals surface area contributed by atoms with Crippen molar-refractivity contribution in [1.82, 2.24) is 9.80 Å². The van der Waals surface area contributed by atoms with Gasteiger partial charge in [-0.15, -0.1) is 0 Å². The minimum absolute atomic E-state index is 0.0190. The van der Waals surface area contributed by atoms with Crippen molar-refractivity contribution in [3.8, 4) is 11.5 Å². The molecule has 0 bridgehead atoms. The van der Waals surface area contributed by atoms with Crippen molar-refractivity contribution in [2.75, 3.05) is 32.0 Å². The fraction of sp³-hybridized carbons (Fsp3) is 0.700. The first-order valence-electron chi connectivity index (χ1n) is 13.9. The van der Waals surface area contributed by atoms with Crippen LogP contribution in [0.25, 0.3) is 0 Å². The highest BCUT2D eigenvalue weighted by atomic mass is 16.5. The minimum Gasteiger partial charge on any atom is -0.480 e. The summed E-state index contributed by atoms with van der Waals surface area (Å²) >= 11 is 0. The van der Waals surface area contributed by atoms with Crippen LogP contribution in [0.2, 0.25) is 0 Å². The first-order chi connectivity index (χ1) is 17.2. The number of nitrogens with zero attached hydrogens (tertiary/aromatic N) is 2. The number of hydrogen-bond donors (Lipinski definition) is 2. The first-order valence-corrected chi connectivity index (χ1v) is 13.9. The summed E-state index contributed by atoms with van der Waals surface area (Å²) in [6, 6.07) is 4.28. The van der Waals surface area contributed by atoms with Crippen LogP contribution in [0, 0.1) is 5.41 Å². The summed E-state index contributed by atoms with van der Waals surface area (Å²) in [4.78, 5) is 18.6. The smallest absolute Gasteiger partial charge is 0.246 e. The Morgan fingerprint density at radius 1 is 1.11 bits per heavy atom. The quantitative estimate of drug-likeness (QED) is 0.583. The number of hydrogen-bond acceptors (Lipinski definition) is 6. The molecule has 7 nitrogen and oxygen atoms in total. The molecule has 1 saturated carbocycles. The Morgan fingerprint density at radius 3 is 2.59 bits per heavy atom. The highest BCUT2D eigenvalue weighted by Gasteiger charge is 2.69. The lowest BCUT2D eigenvalue weighted by molar-refractivity contribution is -0.183. The maximum atomic E-state index is 14.2. The minimum atomic E-state index is -1.02. The number of rotatable bonds is 1. The van der Waals surface area contributed by atoms with Crippen molar-refractivity contribution in [3.63, 3.8) is 0 Å². The van der Waals surface area contributed by atoms with Crippen molar-refractivity contribution in [3.05, 3.63) is 30.0 Å². The number of ether oxygens (including phenoxy) is 2. The molecule has 5 aliphatic rings. The summed E-state index contributed by atoms with van der Waals surface area (Å²) < 4.78 is 12.4. The lowest BCUT2D eigenvalue weighted by Gasteiger charge is -2.63. The third kappa shape index (κ3) is 3.04. The third-order valence-corrected chi connectivity index (χ3v) is 11.0. The average Bonchev–Trinajstić information content (AvgIpc) is 3.25. The number of fused-ring (bicyclic) bond motifs is 5. The molecule has 2 N–H and O–H groups in total. The van der Waals surface area contributed by atoms with E-state index in [9.17, 15) is 9.90 Å². The van der Waals surface area contributed by atoms with Crippen LogP contribution in [0.5, 0.6) is 11.5 Å². The van der Waals surface area contributed by atoms with Crippen LogP contribution < -0.4 is 14.8 Å². The molecule has 1 aliphatic carbocycles. The number of carbonyl (C=O) groups excluding carboxylic acids is 1. The van der Waals surface area contributed by atoms with E-state index in [4.69, 9.17) is 9.47 Å². The van der Waals surface area contributed by atoms with E-state index in [1.165, 1.54) is 5.56 Å². The van der Waals surface area contributed by atoms with E-state index in [1.807, 2.05) is 45.7 Å². The molecule has 4 atom stereocenters. The van der Waals surface area contributed by atoms with Gasteiger partial charge in [0.05, 0.1) is 23.1 Å². The molecule has 7 heteroatoms. The highest BCUT2D eigenvalue weighted by molar-refractivity contribution is 5.90. The van der Waals surface area contributed by atoms with Gasteiger partial charge in [-0.05, 0) is 76.0 Å². The van der Waals surface area contributed by atoms with Gasteiger partial charge in [0.25, 0.3) is 0 Å². The summed E-state index contributed by atoms with van der Waals surface area (Å²) in [5, 5.41) is 15.1. The maximum Gasteiger partial charge on any atom is 0.246 e. The van der Waals surface area contributed by atoms with Gasteiger partial charge in [-0.1, -0.05) is 26.8 Å². The fourth-order valence-corrected chi connectivity index (χ4v) is 8.49. The number of nitrogens with one attached hydrogen (secondary N) is 1. The summed E-state index contributed by atoms with van der Waals surface area (Å²) in [7, 11) is 1.99. The molecule has 202 valence electrons. The number of likely N-dealkylation sites (N-methyl/N-ethyl adjacent to an activating group) is 1. The molecular weight excluding hydrogens is 466 g/mol. The maximum absolute atomic E-state index is 14.2. The zero-order chi connectivity index (χ0) is 26.6. The van der Waals surface area contributed by atoms with Gasteiger partial charge in [0, 0.05) is 32.1 Å². The van der Waals surface area contributed by atoms with Crippen molar-refractivity contribution >= 4 is 11.6 Å². The first kappa shape index (κ1) is 25.1. The zero-order valence-electron chi connectivity index (χ0n) is 23.5.